The Bertz CT molecular complexity index is 623. The standard InChI is InChI=1S/C15H23N3O3S/c1-3-11-22(20,21)18-9-7-17(8-10-18)15-6-4-5-14(12-15)16-13(2)19/h4-6,12H,3,7-11H2,1-2H3,(H,16,19). The summed E-state index contributed by atoms with van der Waals surface area (Å²) in [4.78, 5) is 13.3. The number of carbonyl (C=O) groups excluding carboxylic acids is 1. The average molecular weight is 325 g/mol. The molecule has 0 radical (unpaired) electrons. The van der Waals surface area contributed by atoms with Crippen LogP contribution in [-0.4, -0.2) is 50.6 Å². The van der Waals surface area contributed by atoms with Gasteiger partial charge in [0.25, 0.3) is 0 Å². The van der Waals surface area contributed by atoms with Crippen molar-refractivity contribution in [3.8, 4) is 0 Å². The molecule has 122 valence electrons. The van der Waals surface area contributed by atoms with Crippen LogP contribution in [0.1, 0.15) is 20.3 Å². The van der Waals surface area contributed by atoms with Gasteiger partial charge in [-0.15, -0.1) is 0 Å². The van der Waals surface area contributed by atoms with E-state index in [4.69, 9.17) is 0 Å². The molecule has 0 bridgehead atoms. The van der Waals surface area contributed by atoms with Crippen molar-refractivity contribution < 1.29 is 13.2 Å². The van der Waals surface area contributed by atoms with Gasteiger partial charge in [-0.2, -0.15) is 4.31 Å². The van der Waals surface area contributed by atoms with Crippen LogP contribution in [0.4, 0.5) is 11.4 Å². The van der Waals surface area contributed by atoms with Gasteiger partial charge in [0, 0.05) is 44.5 Å². The number of hydrogen-bond donors (Lipinski definition) is 1. The minimum atomic E-state index is -3.11. The van der Waals surface area contributed by atoms with Crippen molar-refractivity contribution in [1.29, 1.82) is 0 Å². The summed E-state index contributed by atoms with van der Waals surface area (Å²) in [5.74, 6) is 0.109. The molecule has 7 heteroatoms. The molecule has 1 N–H and O–H groups in total. The molecule has 6 nitrogen and oxygen atoms in total. The van der Waals surface area contributed by atoms with Gasteiger partial charge in [0.1, 0.15) is 0 Å². The summed E-state index contributed by atoms with van der Waals surface area (Å²) in [6.07, 6.45) is 0.640. The van der Waals surface area contributed by atoms with Crippen LogP contribution in [0, 0.1) is 0 Å². The predicted octanol–water partition coefficient (Wildman–Crippen LogP) is 1.51. The lowest BCUT2D eigenvalue weighted by Crippen LogP contribution is -2.49. The number of piperazine rings is 1. The molecule has 2 rings (SSSR count). The van der Waals surface area contributed by atoms with Gasteiger partial charge in [0.05, 0.1) is 5.75 Å². The third-order valence-electron chi connectivity index (χ3n) is 3.63. The maximum atomic E-state index is 12.1. The van der Waals surface area contributed by atoms with Crippen molar-refractivity contribution in [3.63, 3.8) is 0 Å². The first-order valence-electron chi connectivity index (χ1n) is 7.53. The zero-order valence-corrected chi connectivity index (χ0v) is 13.9. The van der Waals surface area contributed by atoms with E-state index >= 15 is 0 Å². The van der Waals surface area contributed by atoms with Gasteiger partial charge in [-0.1, -0.05) is 13.0 Å². The molecular formula is C15H23N3O3S. The fourth-order valence-electron chi connectivity index (χ4n) is 2.60. The number of anilines is 2. The molecule has 0 aliphatic carbocycles. The Hall–Kier alpha value is -1.60. The molecule has 1 amide bonds. The first kappa shape index (κ1) is 16.8. The quantitative estimate of drug-likeness (QED) is 0.891. The Morgan fingerprint density at radius 3 is 2.50 bits per heavy atom. The van der Waals surface area contributed by atoms with E-state index in [9.17, 15) is 13.2 Å². The van der Waals surface area contributed by atoms with E-state index < -0.39 is 10.0 Å². The van der Waals surface area contributed by atoms with E-state index in [-0.39, 0.29) is 11.7 Å². The highest BCUT2D eigenvalue weighted by atomic mass is 32.2. The van der Waals surface area contributed by atoms with E-state index in [2.05, 4.69) is 10.2 Å². The van der Waals surface area contributed by atoms with Crippen LogP contribution in [0.3, 0.4) is 0 Å². The number of hydrogen-bond acceptors (Lipinski definition) is 4. The molecule has 1 aliphatic heterocycles. The Morgan fingerprint density at radius 2 is 1.91 bits per heavy atom. The van der Waals surface area contributed by atoms with Crippen LogP contribution in [-0.2, 0) is 14.8 Å². The molecule has 1 saturated heterocycles. The van der Waals surface area contributed by atoms with E-state index in [1.165, 1.54) is 6.92 Å². The van der Waals surface area contributed by atoms with Crippen molar-refractivity contribution in [2.45, 2.75) is 20.3 Å². The lowest BCUT2D eigenvalue weighted by molar-refractivity contribution is -0.114. The Morgan fingerprint density at radius 1 is 1.23 bits per heavy atom. The molecule has 1 heterocycles. The number of amides is 1. The molecule has 0 unspecified atom stereocenters. The number of rotatable bonds is 5. The van der Waals surface area contributed by atoms with Gasteiger partial charge in [-0.3, -0.25) is 4.79 Å². The summed E-state index contributed by atoms with van der Waals surface area (Å²) in [5.41, 5.74) is 1.75. The second kappa shape index (κ2) is 7.11. The van der Waals surface area contributed by atoms with Crippen LogP contribution in [0.15, 0.2) is 24.3 Å². The van der Waals surface area contributed by atoms with Gasteiger partial charge >= 0.3 is 0 Å². The summed E-state index contributed by atoms with van der Waals surface area (Å²) < 4.78 is 25.7. The number of carbonyl (C=O) groups is 1. The summed E-state index contributed by atoms with van der Waals surface area (Å²) in [7, 11) is -3.11. The molecule has 0 spiro atoms. The molecule has 1 fully saturated rings. The summed E-state index contributed by atoms with van der Waals surface area (Å²) in [6.45, 7) is 5.68. The van der Waals surface area contributed by atoms with Crippen molar-refractivity contribution >= 4 is 27.3 Å². The number of nitrogens with zero attached hydrogens (tertiary/aromatic N) is 2. The molecule has 1 aromatic carbocycles. The SMILES string of the molecule is CCCS(=O)(=O)N1CCN(c2cccc(NC(C)=O)c2)CC1. The molecule has 1 aliphatic rings. The zero-order chi connectivity index (χ0) is 16.2. The topological polar surface area (TPSA) is 69.7 Å². The molecule has 1 aromatic rings. The van der Waals surface area contributed by atoms with Gasteiger partial charge in [0.2, 0.25) is 15.9 Å². The van der Waals surface area contributed by atoms with Crippen molar-refractivity contribution in [2.75, 3.05) is 42.1 Å². The second-order valence-corrected chi connectivity index (χ2v) is 7.52. The summed E-state index contributed by atoms with van der Waals surface area (Å²) in [5, 5.41) is 2.76. The number of nitrogens with one attached hydrogen (secondary N) is 1. The first-order chi connectivity index (χ1) is 10.4. The lowest BCUT2D eigenvalue weighted by Gasteiger charge is -2.35. The fraction of sp³-hybridized carbons (Fsp3) is 0.533. The van der Waals surface area contributed by atoms with Gasteiger partial charge < -0.3 is 10.2 Å². The van der Waals surface area contributed by atoms with E-state index in [1.54, 1.807) is 4.31 Å². The fourth-order valence-corrected chi connectivity index (χ4v) is 4.09. The van der Waals surface area contributed by atoms with Gasteiger partial charge in [-0.25, -0.2) is 8.42 Å². The number of sulfonamides is 1. The minimum absolute atomic E-state index is 0.104. The van der Waals surface area contributed by atoms with Gasteiger partial charge in [-0.05, 0) is 24.6 Å². The van der Waals surface area contributed by atoms with Crippen molar-refractivity contribution in [3.05, 3.63) is 24.3 Å². The van der Waals surface area contributed by atoms with Crippen LogP contribution >= 0.6 is 0 Å². The zero-order valence-electron chi connectivity index (χ0n) is 13.1. The largest absolute Gasteiger partial charge is 0.369 e. The van der Waals surface area contributed by atoms with Crippen LogP contribution < -0.4 is 10.2 Å². The van der Waals surface area contributed by atoms with Crippen molar-refractivity contribution in [2.24, 2.45) is 0 Å². The summed E-state index contributed by atoms with van der Waals surface area (Å²) >= 11 is 0. The highest BCUT2D eigenvalue weighted by molar-refractivity contribution is 7.89. The molecule has 0 saturated carbocycles. The predicted molar refractivity (Wildman–Crippen MR) is 88.6 cm³/mol. The van der Waals surface area contributed by atoms with Crippen molar-refractivity contribution in [1.82, 2.24) is 4.31 Å². The van der Waals surface area contributed by atoms with E-state index in [0.29, 0.717) is 32.6 Å². The smallest absolute Gasteiger partial charge is 0.221 e. The third-order valence-corrected chi connectivity index (χ3v) is 5.70. The maximum Gasteiger partial charge on any atom is 0.221 e. The highest BCUT2D eigenvalue weighted by Crippen LogP contribution is 2.21. The molecular weight excluding hydrogens is 302 g/mol. The van der Waals surface area contributed by atoms with Gasteiger partial charge in [0.15, 0.2) is 0 Å². The average Bonchev–Trinajstić information content (AvgIpc) is 2.47. The summed E-state index contributed by atoms with van der Waals surface area (Å²) in [6, 6.07) is 7.62. The normalized spacial score (nSPS) is 16.5. The molecule has 0 aromatic heterocycles. The lowest BCUT2D eigenvalue weighted by atomic mass is 10.2. The molecule has 22 heavy (non-hydrogen) atoms. The minimum Gasteiger partial charge on any atom is -0.369 e. The van der Waals surface area contributed by atoms with E-state index in [1.807, 2.05) is 31.2 Å². The highest BCUT2D eigenvalue weighted by Gasteiger charge is 2.26. The van der Waals surface area contributed by atoms with Crippen LogP contribution in [0.25, 0.3) is 0 Å². The first-order valence-corrected chi connectivity index (χ1v) is 9.13. The van der Waals surface area contributed by atoms with Crippen LogP contribution in [0.5, 0.6) is 0 Å². The van der Waals surface area contributed by atoms with Crippen LogP contribution in [0.2, 0.25) is 0 Å². The molecule has 0 atom stereocenters. The Kier molecular flexibility index (Phi) is 5.42. The van der Waals surface area contributed by atoms with E-state index in [0.717, 1.165) is 11.4 Å². The Labute approximate surface area is 132 Å². The number of benzene rings is 1. The third kappa shape index (κ3) is 4.20. The maximum absolute atomic E-state index is 12.1. The Balaban J connectivity index is 2.01. The monoisotopic (exact) mass is 325 g/mol. The second-order valence-electron chi connectivity index (χ2n) is 5.43.